The zero-order valence-corrected chi connectivity index (χ0v) is 19.8. The number of nitrogens with zero attached hydrogens (tertiary/aromatic N) is 2. The highest BCUT2D eigenvalue weighted by atomic mass is 35.5. The number of piperidine rings is 3. The molecule has 33 heavy (non-hydrogen) atoms. The van der Waals surface area contributed by atoms with Crippen LogP contribution >= 0.6 is 11.6 Å². The van der Waals surface area contributed by atoms with Gasteiger partial charge >= 0.3 is 5.97 Å². The number of esters is 1. The van der Waals surface area contributed by atoms with Gasteiger partial charge in [0.05, 0.1) is 24.2 Å². The average Bonchev–Trinajstić information content (AvgIpc) is 2.87. The first kappa shape index (κ1) is 22.2. The zero-order chi connectivity index (χ0) is 22.9. The summed E-state index contributed by atoms with van der Waals surface area (Å²) in [6.07, 6.45) is 4.85. The van der Waals surface area contributed by atoms with Gasteiger partial charge < -0.3 is 9.47 Å². The molecule has 6 heteroatoms. The van der Waals surface area contributed by atoms with Crippen LogP contribution in [0, 0.1) is 11.8 Å². The molecule has 2 bridgehead atoms. The first-order valence-corrected chi connectivity index (χ1v) is 12.1. The number of ether oxygens (including phenoxy) is 2. The number of benzene rings is 2. The first-order valence-electron chi connectivity index (χ1n) is 11.7. The molecule has 3 unspecified atom stereocenters. The number of methoxy groups -OCH3 is 1. The van der Waals surface area contributed by atoms with Crippen molar-refractivity contribution in [2.24, 2.45) is 11.8 Å². The molecule has 3 aliphatic heterocycles. The van der Waals surface area contributed by atoms with Crippen LogP contribution in [0.5, 0.6) is 5.75 Å². The summed E-state index contributed by atoms with van der Waals surface area (Å²) in [5.74, 6) is 1.82. The van der Waals surface area contributed by atoms with E-state index in [1.807, 2.05) is 24.3 Å². The van der Waals surface area contributed by atoms with E-state index in [1.165, 1.54) is 12.8 Å². The van der Waals surface area contributed by atoms with Crippen molar-refractivity contribution in [3.63, 3.8) is 0 Å². The van der Waals surface area contributed by atoms with E-state index in [-0.39, 0.29) is 12.0 Å². The fourth-order valence-corrected chi connectivity index (χ4v) is 5.72. The summed E-state index contributed by atoms with van der Waals surface area (Å²) >= 11 is 6.03. The predicted molar refractivity (Wildman–Crippen MR) is 130 cm³/mol. The summed E-state index contributed by atoms with van der Waals surface area (Å²) in [6.45, 7) is 4.39. The maximum Gasteiger partial charge on any atom is 0.338 e. The molecule has 0 amide bonds. The number of carbonyl (C=O) groups excluding carboxylic acids is 1. The molecule has 6 rings (SSSR count). The van der Waals surface area contributed by atoms with Gasteiger partial charge in [-0.05, 0) is 79.8 Å². The largest absolute Gasteiger partial charge is 0.497 e. The molecule has 5 atom stereocenters. The Morgan fingerprint density at radius 2 is 2.03 bits per heavy atom. The fourth-order valence-electron chi connectivity index (χ4n) is 5.60. The van der Waals surface area contributed by atoms with Crippen molar-refractivity contribution in [2.75, 3.05) is 20.2 Å². The number of pyridine rings is 1. The Balaban J connectivity index is 1.55. The number of halogens is 1. The number of hydrogen-bond donors (Lipinski definition) is 0. The Morgan fingerprint density at radius 3 is 2.73 bits per heavy atom. The molecule has 2 aromatic carbocycles. The summed E-state index contributed by atoms with van der Waals surface area (Å²) in [4.78, 5) is 20.3. The standard InChI is InChI=1S/C27H29ClN2O3/c1-3-17-16-30-13-11-19(17)14-25(30)26(33-27(31)18-4-6-20(28)7-5-18)22-10-12-29-24-9-8-21(32-2)15-23(22)24/h4-10,12,15,17,19,25-26H,3,11,13-14,16H2,1-2H3/t17?,19?,25-,26-/m0/s1. The van der Waals surface area contributed by atoms with E-state index < -0.39 is 6.10 Å². The lowest BCUT2D eigenvalue weighted by Gasteiger charge is -2.51. The van der Waals surface area contributed by atoms with Crippen LogP contribution in [0.1, 0.15) is 48.2 Å². The number of rotatable bonds is 6. The van der Waals surface area contributed by atoms with Gasteiger partial charge in [0.1, 0.15) is 11.9 Å². The second-order valence-corrected chi connectivity index (χ2v) is 9.57. The third-order valence-corrected chi connectivity index (χ3v) is 7.66. The normalized spacial score (nSPS) is 25.1. The summed E-state index contributed by atoms with van der Waals surface area (Å²) in [5, 5.41) is 1.55. The minimum Gasteiger partial charge on any atom is -0.497 e. The van der Waals surface area contributed by atoms with Gasteiger partial charge in [-0.25, -0.2) is 4.79 Å². The SMILES string of the molecule is CCC1CN2CCC1C[C@H]2[C@@H](OC(=O)c1ccc(Cl)cc1)c1ccnc2ccc(OC)cc12. The minimum atomic E-state index is -0.397. The number of fused-ring (bicyclic) bond motifs is 4. The quantitative estimate of drug-likeness (QED) is 0.424. The van der Waals surface area contributed by atoms with Crippen LogP contribution in [-0.4, -0.2) is 42.1 Å². The van der Waals surface area contributed by atoms with Crippen molar-refractivity contribution < 1.29 is 14.3 Å². The van der Waals surface area contributed by atoms with E-state index in [9.17, 15) is 4.79 Å². The van der Waals surface area contributed by atoms with Crippen LogP contribution in [0.3, 0.4) is 0 Å². The van der Waals surface area contributed by atoms with Crippen molar-refractivity contribution in [3.05, 3.63) is 70.9 Å². The lowest BCUT2D eigenvalue weighted by atomic mass is 9.72. The van der Waals surface area contributed by atoms with Gasteiger partial charge in [-0.1, -0.05) is 24.9 Å². The lowest BCUT2D eigenvalue weighted by Crippen LogP contribution is -2.55. The molecule has 0 saturated carbocycles. The monoisotopic (exact) mass is 464 g/mol. The van der Waals surface area contributed by atoms with Crippen molar-refractivity contribution in [2.45, 2.75) is 38.3 Å². The number of carbonyl (C=O) groups is 1. The molecule has 4 heterocycles. The van der Waals surface area contributed by atoms with Gasteiger partial charge in [0.2, 0.25) is 0 Å². The van der Waals surface area contributed by atoms with E-state index in [0.717, 1.165) is 47.6 Å². The Hall–Kier alpha value is -2.63. The second kappa shape index (κ2) is 9.32. The Kier molecular flexibility index (Phi) is 6.26. The summed E-state index contributed by atoms with van der Waals surface area (Å²) in [6, 6.07) is 14.9. The molecule has 3 aliphatic rings. The molecule has 0 aliphatic carbocycles. The van der Waals surface area contributed by atoms with Crippen molar-refractivity contribution >= 4 is 28.5 Å². The first-order chi connectivity index (χ1) is 16.1. The third kappa shape index (κ3) is 4.32. The van der Waals surface area contributed by atoms with Crippen LogP contribution in [0.15, 0.2) is 54.7 Å². The third-order valence-electron chi connectivity index (χ3n) is 7.41. The fraction of sp³-hybridized carbons (Fsp3) is 0.407. The van der Waals surface area contributed by atoms with Gasteiger partial charge in [-0.15, -0.1) is 0 Å². The summed E-state index contributed by atoms with van der Waals surface area (Å²) in [5.41, 5.74) is 2.35. The topological polar surface area (TPSA) is 51.7 Å². The Labute approximate surface area is 199 Å². The van der Waals surface area contributed by atoms with Crippen LogP contribution in [0.25, 0.3) is 10.9 Å². The van der Waals surface area contributed by atoms with E-state index >= 15 is 0 Å². The highest BCUT2D eigenvalue weighted by Crippen LogP contribution is 2.44. The maximum absolute atomic E-state index is 13.2. The van der Waals surface area contributed by atoms with Crippen LogP contribution < -0.4 is 4.74 Å². The van der Waals surface area contributed by atoms with Crippen LogP contribution in [0.2, 0.25) is 5.02 Å². The van der Waals surface area contributed by atoms with Crippen LogP contribution in [-0.2, 0) is 4.74 Å². The van der Waals surface area contributed by atoms with E-state index in [2.05, 4.69) is 16.8 Å². The van der Waals surface area contributed by atoms with Crippen LogP contribution in [0.4, 0.5) is 0 Å². The molecule has 5 nitrogen and oxygen atoms in total. The molecule has 3 saturated heterocycles. The summed E-state index contributed by atoms with van der Waals surface area (Å²) < 4.78 is 11.8. The van der Waals surface area contributed by atoms with Gasteiger partial charge in [0, 0.05) is 28.7 Å². The van der Waals surface area contributed by atoms with Crippen molar-refractivity contribution in [1.29, 1.82) is 0 Å². The van der Waals surface area contributed by atoms with E-state index in [0.29, 0.717) is 16.5 Å². The van der Waals surface area contributed by atoms with Crippen molar-refractivity contribution in [1.82, 2.24) is 9.88 Å². The molecule has 1 aromatic heterocycles. The van der Waals surface area contributed by atoms with E-state index in [4.69, 9.17) is 21.1 Å². The second-order valence-electron chi connectivity index (χ2n) is 9.13. The number of hydrogen-bond acceptors (Lipinski definition) is 5. The highest BCUT2D eigenvalue weighted by molar-refractivity contribution is 6.30. The molecule has 172 valence electrons. The Bertz CT molecular complexity index is 1150. The Morgan fingerprint density at radius 1 is 1.21 bits per heavy atom. The lowest BCUT2D eigenvalue weighted by molar-refractivity contribution is -0.0659. The smallest absolute Gasteiger partial charge is 0.338 e. The molecular weight excluding hydrogens is 436 g/mol. The molecule has 0 N–H and O–H groups in total. The van der Waals surface area contributed by atoms with E-state index in [1.54, 1.807) is 37.6 Å². The molecular formula is C27H29ClN2O3. The zero-order valence-electron chi connectivity index (χ0n) is 19.0. The number of aromatic nitrogens is 1. The van der Waals surface area contributed by atoms with Gasteiger partial charge in [-0.2, -0.15) is 0 Å². The molecule has 3 aromatic rings. The summed E-state index contributed by atoms with van der Waals surface area (Å²) in [7, 11) is 1.66. The molecule has 3 fully saturated rings. The minimum absolute atomic E-state index is 0.139. The predicted octanol–water partition coefficient (Wildman–Crippen LogP) is 5.92. The molecule has 0 radical (unpaired) electrons. The van der Waals surface area contributed by atoms with Gasteiger partial charge in [0.15, 0.2) is 0 Å². The maximum atomic E-state index is 13.2. The average molecular weight is 465 g/mol. The van der Waals surface area contributed by atoms with Crippen molar-refractivity contribution in [3.8, 4) is 5.75 Å². The van der Waals surface area contributed by atoms with Gasteiger partial charge in [0.25, 0.3) is 0 Å². The molecule has 0 spiro atoms. The van der Waals surface area contributed by atoms with Gasteiger partial charge in [-0.3, -0.25) is 9.88 Å². The highest BCUT2D eigenvalue weighted by Gasteiger charge is 2.44.